The highest BCUT2D eigenvalue weighted by molar-refractivity contribution is 5.44. The van der Waals surface area contributed by atoms with Crippen LogP contribution >= 0.6 is 0 Å². The van der Waals surface area contributed by atoms with Gasteiger partial charge in [0.15, 0.2) is 0 Å². The van der Waals surface area contributed by atoms with E-state index in [1.54, 1.807) is 6.07 Å². The van der Waals surface area contributed by atoms with E-state index in [1.807, 2.05) is 0 Å². The summed E-state index contributed by atoms with van der Waals surface area (Å²) in [5.41, 5.74) is -0.189. The lowest BCUT2D eigenvalue weighted by Gasteiger charge is -2.21. The number of aromatic nitrogens is 5. The molecule has 1 atom stereocenters. The number of alkyl halides is 2. The number of ether oxygens (including phenoxy) is 1. The summed E-state index contributed by atoms with van der Waals surface area (Å²) in [5.74, 6) is 1.43. The number of benzene rings is 1. The Morgan fingerprint density at radius 2 is 2.07 bits per heavy atom. The minimum Gasteiger partial charge on any atom is -0.497 e. The zero-order valence-corrected chi connectivity index (χ0v) is 14.6. The molecule has 3 rings (SSSR count). The summed E-state index contributed by atoms with van der Waals surface area (Å²) in [5, 5.41) is 19.9. The van der Waals surface area contributed by atoms with Gasteiger partial charge in [-0.15, -0.1) is 5.10 Å². The molecule has 0 saturated heterocycles. The van der Waals surface area contributed by atoms with Crippen molar-refractivity contribution in [3.05, 3.63) is 65.5 Å². The van der Waals surface area contributed by atoms with E-state index < -0.39 is 30.1 Å². The minimum atomic E-state index is -3.62. The fourth-order valence-corrected chi connectivity index (χ4v) is 2.26. The van der Waals surface area contributed by atoms with E-state index in [2.05, 4.69) is 32.4 Å². The van der Waals surface area contributed by atoms with Gasteiger partial charge in [0.25, 0.3) is 0 Å². The van der Waals surface area contributed by atoms with Crippen molar-refractivity contribution in [1.82, 2.24) is 25.2 Å². The largest absolute Gasteiger partial charge is 0.497 e. The third kappa shape index (κ3) is 4.27. The van der Waals surface area contributed by atoms with Crippen molar-refractivity contribution in [3.8, 4) is 17.6 Å². The third-order valence-electron chi connectivity index (χ3n) is 3.79. The van der Waals surface area contributed by atoms with Gasteiger partial charge in [-0.2, -0.15) is 8.78 Å². The van der Waals surface area contributed by atoms with Crippen molar-refractivity contribution >= 4 is 0 Å². The second kappa shape index (κ2) is 8.06. The van der Waals surface area contributed by atoms with Crippen LogP contribution in [0.2, 0.25) is 0 Å². The SMILES string of the molecule is COc1ccc(C#Cc2ccc(C(F)(F)C(O)Cn3cnnn3)nc2)c(F)c1. The number of rotatable bonds is 5. The standard InChI is InChI=1S/C18H14F3N5O2/c1-28-14-6-5-13(15(19)8-14)4-2-12-3-7-16(22-9-12)18(20,21)17(27)10-26-11-23-24-25-26/h3,5-9,11,17,27H,10H2,1H3. The molecular formula is C18H14F3N5O2. The average Bonchev–Trinajstić information content (AvgIpc) is 3.20. The Morgan fingerprint density at radius 3 is 2.68 bits per heavy atom. The Labute approximate surface area is 157 Å². The smallest absolute Gasteiger partial charge is 0.316 e. The van der Waals surface area contributed by atoms with Gasteiger partial charge in [0.1, 0.15) is 29.7 Å². The van der Waals surface area contributed by atoms with Gasteiger partial charge in [-0.3, -0.25) is 4.98 Å². The Kier molecular flexibility index (Phi) is 5.56. The van der Waals surface area contributed by atoms with Gasteiger partial charge in [0.05, 0.1) is 19.2 Å². The lowest BCUT2D eigenvalue weighted by molar-refractivity contribution is -0.124. The molecule has 2 aromatic heterocycles. The number of methoxy groups -OCH3 is 1. The van der Waals surface area contributed by atoms with Crippen molar-refractivity contribution < 1.29 is 23.0 Å². The maximum absolute atomic E-state index is 14.4. The van der Waals surface area contributed by atoms with Crippen LogP contribution in [0.5, 0.6) is 5.75 Å². The number of halogens is 3. The fourth-order valence-electron chi connectivity index (χ4n) is 2.26. The van der Waals surface area contributed by atoms with E-state index in [0.29, 0.717) is 11.3 Å². The van der Waals surface area contributed by atoms with E-state index in [-0.39, 0.29) is 5.56 Å². The van der Waals surface area contributed by atoms with Crippen LogP contribution in [0.3, 0.4) is 0 Å². The summed E-state index contributed by atoms with van der Waals surface area (Å²) >= 11 is 0. The normalized spacial score (nSPS) is 12.2. The van der Waals surface area contributed by atoms with Crippen molar-refractivity contribution in [2.45, 2.75) is 18.6 Å². The van der Waals surface area contributed by atoms with Crippen LogP contribution in [0.15, 0.2) is 42.9 Å². The topological polar surface area (TPSA) is 86.0 Å². The molecular weight excluding hydrogens is 375 g/mol. The Balaban J connectivity index is 1.74. The average molecular weight is 389 g/mol. The first-order valence-electron chi connectivity index (χ1n) is 7.99. The molecule has 10 heteroatoms. The predicted molar refractivity (Wildman–Crippen MR) is 90.9 cm³/mol. The second-order valence-corrected chi connectivity index (χ2v) is 5.70. The highest BCUT2D eigenvalue weighted by Gasteiger charge is 2.42. The van der Waals surface area contributed by atoms with Crippen molar-refractivity contribution in [2.24, 2.45) is 0 Å². The minimum absolute atomic E-state index is 0.132. The van der Waals surface area contributed by atoms with Gasteiger partial charge in [0, 0.05) is 17.8 Å². The summed E-state index contributed by atoms with van der Waals surface area (Å²) in [6, 6.07) is 6.57. The molecule has 0 aliphatic rings. The van der Waals surface area contributed by atoms with Crippen LogP contribution < -0.4 is 4.74 Å². The first kappa shape index (κ1) is 19.3. The molecule has 0 aliphatic heterocycles. The molecule has 3 aromatic rings. The molecule has 0 spiro atoms. The van der Waals surface area contributed by atoms with Crippen LogP contribution in [0, 0.1) is 17.7 Å². The number of aliphatic hydroxyl groups excluding tert-OH is 1. The van der Waals surface area contributed by atoms with Crippen LogP contribution in [0.25, 0.3) is 0 Å². The molecule has 1 unspecified atom stereocenters. The maximum Gasteiger partial charge on any atom is 0.316 e. The van der Waals surface area contributed by atoms with E-state index in [0.717, 1.165) is 23.3 Å². The quantitative estimate of drug-likeness (QED) is 0.670. The van der Waals surface area contributed by atoms with E-state index in [9.17, 15) is 18.3 Å². The highest BCUT2D eigenvalue weighted by atomic mass is 19.3. The third-order valence-corrected chi connectivity index (χ3v) is 3.79. The Hall–Kier alpha value is -3.45. The summed E-state index contributed by atoms with van der Waals surface area (Å²) in [6.45, 7) is -0.500. The fraction of sp³-hybridized carbons (Fsp3) is 0.222. The molecule has 1 N–H and O–H groups in total. The molecule has 28 heavy (non-hydrogen) atoms. The van der Waals surface area contributed by atoms with Gasteiger partial charge >= 0.3 is 5.92 Å². The van der Waals surface area contributed by atoms with Crippen molar-refractivity contribution in [3.63, 3.8) is 0 Å². The van der Waals surface area contributed by atoms with Gasteiger partial charge in [0.2, 0.25) is 0 Å². The van der Waals surface area contributed by atoms with Gasteiger partial charge in [-0.05, 0) is 34.7 Å². The summed E-state index contributed by atoms with van der Waals surface area (Å²) in [4.78, 5) is 3.68. The molecule has 0 fully saturated rings. The Morgan fingerprint density at radius 1 is 1.25 bits per heavy atom. The molecule has 0 radical (unpaired) electrons. The molecule has 0 saturated carbocycles. The van der Waals surface area contributed by atoms with Crippen molar-refractivity contribution in [2.75, 3.05) is 7.11 Å². The van der Waals surface area contributed by atoms with Gasteiger partial charge in [-0.25, -0.2) is 9.07 Å². The van der Waals surface area contributed by atoms with Crippen LogP contribution in [0.4, 0.5) is 13.2 Å². The van der Waals surface area contributed by atoms with Crippen LogP contribution in [-0.2, 0) is 12.5 Å². The number of hydrogen-bond acceptors (Lipinski definition) is 6. The lowest BCUT2D eigenvalue weighted by Crippen LogP contribution is -2.35. The van der Waals surface area contributed by atoms with Gasteiger partial charge < -0.3 is 9.84 Å². The number of hydrogen-bond donors (Lipinski definition) is 1. The molecule has 1 aromatic carbocycles. The zero-order chi connectivity index (χ0) is 20.1. The lowest BCUT2D eigenvalue weighted by atomic mass is 10.1. The van der Waals surface area contributed by atoms with Gasteiger partial charge in [-0.1, -0.05) is 11.8 Å². The summed E-state index contributed by atoms with van der Waals surface area (Å²) in [6.07, 6.45) is 0.166. The molecule has 0 aliphatic carbocycles. The van der Waals surface area contributed by atoms with Crippen LogP contribution in [-0.4, -0.2) is 43.5 Å². The zero-order valence-electron chi connectivity index (χ0n) is 14.6. The first-order valence-corrected chi connectivity index (χ1v) is 7.99. The number of aliphatic hydroxyl groups is 1. The van der Waals surface area contributed by atoms with E-state index >= 15 is 0 Å². The monoisotopic (exact) mass is 389 g/mol. The number of tetrazole rings is 1. The predicted octanol–water partition coefficient (Wildman–Crippen LogP) is 1.77. The van der Waals surface area contributed by atoms with E-state index in [1.165, 1.54) is 25.3 Å². The number of nitrogens with zero attached hydrogens (tertiary/aromatic N) is 5. The first-order chi connectivity index (χ1) is 13.4. The Bertz CT molecular complexity index is 998. The van der Waals surface area contributed by atoms with E-state index in [4.69, 9.17) is 4.74 Å². The molecule has 7 nitrogen and oxygen atoms in total. The second-order valence-electron chi connectivity index (χ2n) is 5.70. The van der Waals surface area contributed by atoms with Crippen LogP contribution in [0.1, 0.15) is 16.8 Å². The maximum atomic E-state index is 14.4. The number of pyridine rings is 1. The molecule has 2 heterocycles. The molecule has 0 amide bonds. The molecule has 0 bridgehead atoms. The van der Waals surface area contributed by atoms with Crippen molar-refractivity contribution in [1.29, 1.82) is 0 Å². The molecule has 144 valence electrons. The summed E-state index contributed by atoms with van der Waals surface area (Å²) < 4.78 is 48.5. The highest BCUT2D eigenvalue weighted by Crippen LogP contribution is 2.31. The summed E-state index contributed by atoms with van der Waals surface area (Å²) in [7, 11) is 1.42.